The molecule has 92 valence electrons. The first-order valence-electron chi connectivity index (χ1n) is 5.72. The highest BCUT2D eigenvalue weighted by Crippen LogP contribution is 2.32. The number of benzene rings is 1. The summed E-state index contributed by atoms with van der Waals surface area (Å²) in [5.74, 6) is 0.313. The average molecular weight is 269 g/mol. The first-order valence-corrected chi connectivity index (χ1v) is 6.60. The number of nitrogens with zero attached hydrogens (tertiary/aromatic N) is 1. The van der Waals surface area contributed by atoms with Gasteiger partial charge in [0, 0.05) is 11.1 Å². The van der Waals surface area contributed by atoms with Crippen LogP contribution in [-0.2, 0) is 0 Å². The quantitative estimate of drug-likeness (QED) is 0.492. The molecular weight excluding hydrogens is 262 g/mol. The van der Waals surface area contributed by atoms with E-state index in [0.717, 1.165) is 10.2 Å². The van der Waals surface area contributed by atoms with Crippen molar-refractivity contribution in [3.63, 3.8) is 0 Å². The van der Waals surface area contributed by atoms with E-state index in [0.29, 0.717) is 22.5 Å². The van der Waals surface area contributed by atoms with Gasteiger partial charge in [0.1, 0.15) is 5.76 Å². The summed E-state index contributed by atoms with van der Waals surface area (Å²) >= 11 is 1.45. The minimum Gasteiger partial charge on any atom is -0.457 e. The lowest BCUT2D eigenvalue weighted by molar-refractivity contribution is 0.0960. The summed E-state index contributed by atoms with van der Waals surface area (Å²) in [7, 11) is 0. The lowest BCUT2D eigenvalue weighted by atomic mass is 9.88. The highest BCUT2D eigenvalue weighted by molar-refractivity contribution is 7.16. The molecule has 19 heavy (non-hydrogen) atoms. The average Bonchev–Trinajstić information content (AvgIpc) is 2.99. The molecule has 0 aliphatic heterocycles. The Balaban J connectivity index is 2.08. The van der Waals surface area contributed by atoms with Gasteiger partial charge in [0.05, 0.1) is 21.3 Å². The summed E-state index contributed by atoms with van der Waals surface area (Å²) in [4.78, 5) is 28.9. The maximum atomic E-state index is 12.4. The van der Waals surface area contributed by atoms with Gasteiger partial charge in [-0.1, -0.05) is 0 Å². The van der Waals surface area contributed by atoms with E-state index in [-0.39, 0.29) is 17.3 Å². The van der Waals surface area contributed by atoms with E-state index in [9.17, 15) is 9.59 Å². The maximum Gasteiger partial charge on any atom is 0.229 e. The number of carbonyl (C=O) groups is 2. The van der Waals surface area contributed by atoms with Crippen LogP contribution in [0.1, 0.15) is 37.8 Å². The molecule has 1 aromatic carbocycles. The van der Waals surface area contributed by atoms with Crippen molar-refractivity contribution >= 4 is 33.1 Å². The fourth-order valence-corrected chi connectivity index (χ4v) is 3.10. The van der Waals surface area contributed by atoms with Crippen LogP contribution in [0.15, 0.2) is 28.1 Å². The molecule has 0 N–H and O–H groups in total. The predicted molar refractivity (Wildman–Crippen MR) is 69.9 cm³/mol. The van der Waals surface area contributed by atoms with Crippen LogP contribution in [-0.4, -0.2) is 16.6 Å². The molecule has 0 fully saturated rings. The van der Waals surface area contributed by atoms with Crippen molar-refractivity contribution in [2.45, 2.75) is 6.92 Å². The van der Waals surface area contributed by atoms with Gasteiger partial charge in [-0.15, -0.1) is 11.3 Å². The number of ketones is 2. The van der Waals surface area contributed by atoms with Gasteiger partial charge < -0.3 is 4.42 Å². The monoisotopic (exact) mass is 269 g/mol. The van der Waals surface area contributed by atoms with Crippen LogP contribution in [0.25, 0.3) is 10.2 Å². The SMILES string of the molecule is Cc1cc2c(o1)C(=O)c1cc3ncsc3cc1C2=O. The number of rotatable bonds is 0. The number of aromatic nitrogens is 1. The second-order valence-corrected chi connectivity index (χ2v) is 5.36. The molecule has 0 bridgehead atoms. The maximum absolute atomic E-state index is 12.4. The Morgan fingerprint density at radius 3 is 2.68 bits per heavy atom. The molecule has 4 rings (SSSR count). The molecule has 1 aliphatic rings. The number of hydrogen-bond donors (Lipinski definition) is 0. The highest BCUT2D eigenvalue weighted by Gasteiger charge is 2.33. The number of hydrogen-bond acceptors (Lipinski definition) is 5. The molecule has 2 heterocycles. The molecule has 0 saturated carbocycles. The standard InChI is InChI=1S/C14H7NO3S/c1-6-2-9-12(16)8-4-11-10(15-5-19-11)3-7(8)13(17)14(9)18-6/h2-5H,1H3. The molecule has 0 amide bonds. The molecule has 2 aromatic heterocycles. The Kier molecular flexibility index (Phi) is 1.90. The zero-order valence-electron chi connectivity index (χ0n) is 9.89. The zero-order chi connectivity index (χ0) is 13.1. The topological polar surface area (TPSA) is 60.2 Å². The fraction of sp³-hybridized carbons (Fsp3) is 0.0714. The van der Waals surface area contributed by atoms with Crippen molar-refractivity contribution in [1.29, 1.82) is 0 Å². The third-order valence-corrected chi connectivity index (χ3v) is 4.06. The van der Waals surface area contributed by atoms with Crippen molar-refractivity contribution in [3.05, 3.63) is 51.9 Å². The van der Waals surface area contributed by atoms with E-state index in [1.54, 1.807) is 30.6 Å². The van der Waals surface area contributed by atoms with E-state index in [2.05, 4.69) is 4.98 Å². The molecule has 0 unspecified atom stereocenters. The molecule has 4 nitrogen and oxygen atoms in total. The van der Waals surface area contributed by atoms with Crippen molar-refractivity contribution in [3.8, 4) is 0 Å². The summed E-state index contributed by atoms with van der Waals surface area (Å²) in [6, 6.07) is 5.03. The third kappa shape index (κ3) is 1.30. The first-order chi connectivity index (χ1) is 9.15. The van der Waals surface area contributed by atoms with Crippen LogP contribution in [0.4, 0.5) is 0 Å². The Hall–Kier alpha value is -2.27. The summed E-state index contributed by atoms with van der Waals surface area (Å²) < 4.78 is 6.26. The predicted octanol–water partition coefficient (Wildman–Crippen LogP) is 2.97. The Morgan fingerprint density at radius 2 is 1.84 bits per heavy atom. The van der Waals surface area contributed by atoms with Gasteiger partial charge in [0.25, 0.3) is 0 Å². The fourth-order valence-electron chi connectivity index (χ4n) is 2.40. The molecule has 0 spiro atoms. The van der Waals surface area contributed by atoms with E-state index >= 15 is 0 Å². The van der Waals surface area contributed by atoms with Gasteiger partial charge >= 0.3 is 0 Å². The number of aryl methyl sites for hydroxylation is 1. The summed E-state index contributed by atoms with van der Waals surface area (Å²) in [5, 5.41) is 0. The van der Waals surface area contributed by atoms with Crippen LogP contribution >= 0.6 is 11.3 Å². The van der Waals surface area contributed by atoms with Crippen LogP contribution < -0.4 is 0 Å². The molecule has 0 saturated heterocycles. The van der Waals surface area contributed by atoms with Gasteiger partial charge in [-0.2, -0.15) is 0 Å². The van der Waals surface area contributed by atoms with E-state index in [4.69, 9.17) is 4.42 Å². The minimum absolute atomic E-state index is 0.143. The van der Waals surface area contributed by atoms with Gasteiger partial charge in [0.15, 0.2) is 11.5 Å². The number of fused-ring (bicyclic) bond motifs is 3. The first kappa shape index (κ1) is 10.6. The molecule has 3 aromatic rings. The van der Waals surface area contributed by atoms with E-state index in [1.165, 1.54) is 11.3 Å². The van der Waals surface area contributed by atoms with Crippen molar-refractivity contribution in [2.75, 3.05) is 0 Å². The summed E-state index contributed by atoms with van der Waals surface area (Å²) in [6.07, 6.45) is 0. The van der Waals surface area contributed by atoms with E-state index in [1.807, 2.05) is 0 Å². The molecule has 1 aliphatic carbocycles. The Bertz CT molecular complexity index is 805. The normalized spacial score (nSPS) is 13.7. The van der Waals surface area contributed by atoms with Crippen LogP contribution in [0.3, 0.4) is 0 Å². The minimum atomic E-state index is -0.243. The van der Waals surface area contributed by atoms with E-state index < -0.39 is 0 Å². The zero-order valence-corrected chi connectivity index (χ0v) is 10.7. The van der Waals surface area contributed by atoms with Gasteiger partial charge in [-0.25, -0.2) is 4.98 Å². The van der Waals surface area contributed by atoms with Crippen LogP contribution in [0.5, 0.6) is 0 Å². The van der Waals surface area contributed by atoms with Crippen molar-refractivity contribution < 1.29 is 14.0 Å². The smallest absolute Gasteiger partial charge is 0.229 e. The molecule has 0 atom stereocenters. The highest BCUT2D eigenvalue weighted by atomic mass is 32.1. The molecular formula is C14H7NO3S. The lowest BCUT2D eigenvalue weighted by Gasteiger charge is -2.12. The summed E-state index contributed by atoms with van der Waals surface area (Å²) in [5.41, 5.74) is 3.61. The molecule has 0 radical (unpaired) electrons. The van der Waals surface area contributed by atoms with Crippen molar-refractivity contribution in [1.82, 2.24) is 4.98 Å². The molecule has 5 heteroatoms. The number of carbonyl (C=O) groups excluding carboxylic acids is 2. The van der Waals surface area contributed by atoms with Gasteiger partial charge in [-0.05, 0) is 25.1 Å². The lowest BCUT2D eigenvalue weighted by Crippen LogP contribution is -2.19. The number of thiazole rings is 1. The summed E-state index contributed by atoms with van der Waals surface area (Å²) in [6.45, 7) is 1.73. The van der Waals surface area contributed by atoms with Gasteiger partial charge in [-0.3, -0.25) is 9.59 Å². The second kappa shape index (κ2) is 3.39. The van der Waals surface area contributed by atoms with Crippen LogP contribution in [0, 0.1) is 6.92 Å². The Labute approximate surface area is 111 Å². The van der Waals surface area contributed by atoms with Crippen LogP contribution in [0.2, 0.25) is 0 Å². The van der Waals surface area contributed by atoms with Crippen molar-refractivity contribution in [2.24, 2.45) is 0 Å². The van der Waals surface area contributed by atoms with Gasteiger partial charge in [0.2, 0.25) is 5.78 Å². The largest absolute Gasteiger partial charge is 0.457 e. The second-order valence-electron chi connectivity index (χ2n) is 4.48. The Morgan fingerprint density at radius 1 is 1.05 bits per heavy atom. The number of furan rings is 1. The third-order valence-electron chi connectivity index (χ3n) is 3.27.